The van der Waals surface area contributed by atoms with Crippen molar-refractivity contribution >= 4 is 29.2 Å². The second-order valence-electron chi connectivity index (χ2n) is 7.54. The van der Waals surface area contributed by atoms with E-state index in [1.54, 1.807) is 37.2 Å². The topological polar surface area (TPSA) is 99.8 Å². The molecular weight excluding hydrogens is 424 g/mol. The summed E-state index contributed by atoms with van der Waals surface area (Å²) < 4.78 is 5.79. The minimum absolute atomic E-state index is 0.304. The number of rotatable bonds is 10. The number of carbonyl (C=O) groups excluding carboxylic acids is 1. The molecule has 0 bridgehead atoms. The van der Waals surface area contributed by atoms with Gasteiger partial charge in [0.15, 0.2) is 0 Å². The molecule has 168 valence electrons. The predicted octanol–water partition coefficient (Wildman–Crippen LogP) is 3.39. The number of anilines is 1. The van der Waals surface area contributed by atoms with Crippen molar-refractivity contribution in [3.05, 3.63) is 52.4 Å². The van der Waals surface area contributed by atoms with Gasteiger partial charge in [0.25, 0.3) is 0 Å². The van der Waals surface area contributed by atoms with Crippen LogP contribution in [0.3, 0.4) is 0 Å². The van der Waals surface area contributed by atoms with Crippen molar-refractivity contribution in [1.29, 1.82) is 5.26 Å². The number of carbonyl (C=O) groups is 1. The molecule has 0 saturated heterocycles. The molecule has 0 aliphatic rings. The fourth-order valence-electron chi connectivity index (χ4n) is 3.08. The van der Waals surface area contributed by atoms with Crippen molar-refractivity contribution in [3.63, 3.8) is 0 Å². The van der Waals surface area contributed by atoms with Crippen LogP contribution in [-0.4, -0.2) is 57.1 Å². The SMILES string of the molecule is [C-]#[N+]c1c(N(C)C)nc(SC(C(N)=O)c2cccc(OCCN(C)C)c2)c(C#N)c1CC. The van der Waals surface area contributed by atoms with Gasteiger partial charge in [0, 0.05) is 20.6 Å². The fourth-order valence-corrected chi connectivity index (χ4v) is 4.13. The molecule has 8 nitrogen and oxygen atoms in total. The standard InChI is InChI=1S/C23H28N6O2S/c1-7-17-18(14-24)23(27-22(29(5)6)19(17)26-2)32-20(21(25)30)15-9-8-10-16(13-15)31-12-11-28(3)4/h8-10,13,20H,7,11-12H2,1,3-6H3,(H2,25,30). The lowest BCUT2D eigenvalue weighted by Crippen LogP contribution is -2.20. The zero-order valence-corrected chi connectivity index (χ0v) is 19.9. The van der Waals surface area contributed by atoms with Crippen LogP contribution >= 0.6 is 11.8 Å². The number of ether oxygens (including phenoxy) is 1. The van der Waals surface area contributed by atoms with Crippen molar-refractivity contribution in [1.82, 2.24) is 9.88 Å². The minimum Gasteiger partial charge on any atom is -0.492 e. The Morgan fingerprint density at radius 2 is 2.09 bits per heavy atom. The van der Waals surface area contributed by atoms with Gasteiger partial charge in [0.05, 0.1) is 12.1 Å². The molecule has 1 amide bonds. The van der Waals surface area contributed by atoms with Gasteiger partial charge in [-0.05, 0) is 43.8 Å². The van der Waals surface area contributed by atoms with E-state index in [0.29, 0.717) is 52.0 Å². The van der Waals surface area contributed by atoms with Crippen molar-refractivity contribution < 1.29 is 9.53 Å². The molecule has 0 aliphatic carbocycles. The molecule has 1 aromatic carbocycles. The molecule has 1 atom stereocenters. The summed E-state index contributed by atoms with van der Waals surface area (Å²) in [5.41, 5.74) is 7.68. The first-order chi connectivity index (χ1) is 15.2. The number of benzene rings is 1. The normalized spacial score (nSPS) is 11.5. The lowest BCUT2D eigenvalue weighted by atomic mass is 10.1. The molecule has 0 spiro atoms. The van der Waals surface area contributed by atoms with Crippen molar-refractivity contribution in [2.24, 2.45) is 5.73 Å². The van der Waals surface area contributed by atoms with Crippen LogP contribution < -0.4 is 15.4 Å². The van der Waals surface area contributed by atoms with Gasteiger partial charge >= 0.3 is 0 Å². The number of nitriles is 1. The summed E-state index contributed by atoms with van der Waals surface area (Å²) in [5, 5.41) is 9.43. The summed E-state index contributed by atoms with van der Waals surface area (Å²) in [5.74, 6) is 0.545. The van der Waals surface area contributed by atoms with Crippen LogP contribution in [0.4, 0.5) is 11.5 Å². The molecule has 2 rings (SSSR count). The lowest BCUT2D eigenvalue weighted by molar-refractivity contribution is -0.117. The molecule has 0 saturated carbocycles. The van der Waals surface area contributed by atoms with Crippen LogP contribution in [0.1, 0.15) is 28.9 Å². The van der Waals surface area contributed by atoms with Crippen LogP contribution in [0.2, 0.25) is 0 Å². The third-order valence-corrected chi connectivity index (χ3v) is 5.94. The average Bonchev–Trinajstić information content (AvgIpc) is 2.75. The number of hydrogen-bond donors (Lipinski definition) is 1. The van der Waals surface area contributed by atoms with Crippen LogP contribution in [0.5, 0.6) is 5.75 Å². The van der Waals surface area contributed by atoms with Gasteiger partial charge in [0.2, 0.25) is 11.6 Å². The first-order valence-electron chi connectivity index (χ1n) is 10.1. The molecule has 0 aliphatic heterocycles. The Bertz CT molecular complexity index is 1060. The minimum atomic E-state index is -0.773. The number of hydrogen-bond acceptors (Lipinski definition) is 7. The molecule has 32 heavy (non-hydrogen) atoms. The van der Waals surface area contributed by atoms with E-state index in [4.69, 9.17) is 17.0 Å². The summed E-state index contributed by atoms with van der Waals surface area (Å²) >= 11 is 1.12. The van der Waals surface area contributed by atoms with Gasteiger partial charge in [-0.3, -0.25) is 4.79 Å². The predicted molar refractivity (Wildman–Crippen MR) is 127 cm³/mol. The van der Waals surface area contributed by atoms with E-state index in [2.05, 4.69) is 15.9 Å². The molecule has 2 aromatic rings. The largest absolute Gasteiger partial charge is 0.492 e. The highest BCUT2D eigenvalue weighted by molar-refractivity contribution is 8.00. The van der Waals surface area contributed by atoms with Gasteiger partial charge in [-0.2, -0.15) is 5.26 Å². The number of aromatic nitrogens is 1. The Labute approximate surface area is 193 Å². The summed E-state index contributed by atoms with van der Waals surface area (Å²) in [7, 11) is 7.50. The molecule has 1 aromatic heterocycles. The number of nitrogens with two attached hydrogens (primary N) is 1. The first kappa shape index (κ1) is 25.0. The monoisotopic (exact) mass is 452 g/mol. The van der Waals surface area contributed by atoms with E-state index in [9.17, 15) is 10.1 Å². The van der Waals surface area contributed by atoms with Gasteiger partial charge in [-0.15, -0.1) is 0 Å². The summed E-state index contributed by atoms with van der Waals surface area (Å²) in [6, 6.07) is 9.39. The number of amides is 1. The Hall–Kier alpha value is -3.27. The van der Waals surface area contributed by atoms with Gasteiger partial charge < -0.3 is 20.3 Å². The highest BCUT2D eigenvalue weighted by Gasteiger charge is 2.26. The molecule has 0 fully saturated rings. The van der Waals surface area contributed by atoms with E-state index in [0.717, 1.165) is 18.3 Å². The van der Waals surface area contributed by atoms with Gasteiger partial charge in [0.1, 0.15) is 34.5 Å². The second-order valence-corrected chi connectivity index (χ2v) is 8.63. The molecule has 2 N–H and O–H groups in total. The highest BCUT2D eigenvalue weighted by atomic mass is 32.2. The van der Waals surface area contributed by atoms with Crippen molar-refractivity contribution in [2.75, 3.05) is 46.2 Å². The number of nitrogens with zero attached hydrogens (tertiary/aromatic N) is 5. The lowest BCUT2D eigenvalue weighted by Gasteiger charge is -2.21. The highest BCUT2D eigenvalue weighted by Crippen LogP contribution is 2.42. The maximum Gasteiger partial charge on any atom is 0.235 e. The van der Waals surface area contributed by atoms with E-state index in [-0.39, 0.29) is 0 Å². The second kappa shape index (κ2) is 11.4. The van der Waals surface area contributed by atoms with E-state index in [1.807, 2.05) is 32.0 Å². The van der Waals surface area contributed by atoms with E-state index >= 15 is 0 Å². The molecule has 1 heterocycles. The van der Waals surface area contributed by atoms with Crippen LogP contribution in [0.15, 0.2) is 29.3 Å². The van der Waals surface area contributed by atoms with Gasteiger partial charge in [-0.1, -0.05) is 30.8 Å². The third-order valence-electron chi connectivity index (χ3n) is 4.68. The van der Waals surface area contributed by atoms with E-state index in [1.165, 1.54) is 0 Å². The van der Waals surface area contributed by atoms with Crippen LogP contribution in [-0.2, 0) is 11.2 Å². The Morgan fingerprint density at radius 3 is 2.62 bits per heavy atom. The quantitative estimate of drug-likeness (QED) is 0.436. The van der Waals surface area contributed by atoms with Crippen molar-refractivity contribution in [3.8, 4) is 11.8 Å². The van der Waals surface area contributed by atoms with E-state index < -0.39 is 11.2 Å². The zero-order chi connectivity index (χ0) is 23.8. The first-order valence-corrected chi connectivity index (χ1v) is 11.0. The molecule has 0 radical (unpaired) electrons. The molecule has 1 unspecified atom stereocenters. The molecule has 9 heteroatoms. The average molecular weight is 453 g/mol. The summed E-state index contributed by atoms with van der Waals surface area (Å²) in [6.45, 7) is 10.7. The Balaban J connectivity index is 2.49. The summed E-state index contributed by atoms with van der Waals surface area (Å²) in [4.78, 5) is 24.3. The number of pyridine rings is 1. The number of thioether (sulfide) groups is 1. The smallest absolute Gasteiger partial charge is 0.235 e. The number of likely N-dealkylation sites (N-methyl/N-ethyl adjacent to an activating group) is 1. The third kappa shape index (κ3) is 5.91. The molecular formula is C23H28N6O2S. The van der Waals surface area contributed by atoms with Crippen LogP contribution in [0, 0.1) is 17.9 Å². The Morgan fingerprint density at radius 1 is 1.38 bits per heavy atom. The summed E-state index contributed by atoms with van der Waals surface area (Å²) in [6.07, 6.45) is 0.494. The number of primary amides is 1. The van der Waals surface area contributed by atoms with Crippen molar-refractivity contribution in [2.45, 2.75) is 23.6 Å². The maximum absolute atomic E-state index is 12.4. The zero-order valence-electron chi connectivity index (χ0n) is 19.0. The van der Waals surface area contributed by atoms with Crippen LogP contribution in [0.25, 0.3) is 4.85 Å². The maximum atomic E-state index is 12.4. The van der Waals surface area contributed by atoms with Gasteiger partial charge in [-0.25, -0.2) is 9.83 Å². The Kier molecular flexibility index (Phi) is 8.89. The fraction of sp³-hybridized carbons (Fsp3) is 0.391.